The van der Waals surface area contributed by atoms with Crippen LogP contribution >= 0.6 is 0 Å². The minimum absolute atomic E-state index is 0.00442. The largest absolute Gasteiger partial charge is 0.508 e. The Morgan fingerprint density at radius 3 is 2.22 bits per heavy atom. The van der Waals surface area contributed by atoms with Gasteiger partial charge in [-0.1, -0.05) is 26.8 Å². The summed E-state index contributed by atoms with van der Waals surface area (Å²) in [6.07, 6.45) is 3.01. The van der Waals surface area contributed by atoms with Crippen LogP contribution in [0.1, 0.15) is 85.3 Å². The summed E-state index contributed by atoms with van der Waals surface area (Å²) in [5, 5.41) is 11.1. The van der Waals surface area contributed by atoms with Crippen LogP contribution in [0.5, 0.6) is 11.5 Å². The monoisotopic (exact) mass is 498 g/mol. The van der Waals surface area contributed by atoms with Gasteiger partial charge in [0.1, 0.15) is 22.7 Å². The third-order valence-corrected chi connectivity index (χ3v) is 7.66. The number of fused-ring (bicyclic) bond motifs is 3. The first-order chi connectivity index (χ1) is 16.6. The molecule has 2 heterocycles. The van der Waals surface area contributed by atoms with Gasteiger partial charge in [-0.25, -0.2) is 4.79 Å². The van der Waals surface area contributed by atoms with E-state index in [2.05, 4.69) is 46.8 Å². The lowest BCUT2D eigenvalue weighted by atomic mass is 9.66. The SMILES string of the molecule is CC(C)(C)OC(=O)N1CCN(C(=O)C2=CCC3C(C2)c2c(O)cc(C(C)(C)C)cc2OC3(C)C)CC1. The van der Waals surface area contributed by atoms with Gasteiger partial charge in [-0.2, -0.15) is 0 Å². The molecule has 0 aromatic heterocycles. The maximum Gasteiger partial charge on any atom is 0.410 e. The lowest BCUT2D eigenvalue weighted by molar-refractivity contribution is -0.129. The van der Waals surface area contributed by atoms with Gasteiger partial charge in [0.2, 0.25) is 5.91 Å². The van der Waals surface area contributed by atoms with Crippen molar-refractivity contribution in [2.75, 3.05) is 26.2 Å². The first kappa shape index (κ1) is 26.4. The smallest absolute Gasteiger partial charge is 0.410 e. The van der Waals surface area contributed by atoms with Crippen molar-refractivity contribution < 1.29 is 24.2 Å². The molecule has 1 aromatic rings. The van der Waals surface area contributed by atoms with Crippen LogP contribution in [0.3, 0.4) is 0 Å². The van der Waals surface area contributed by atoms with E-state index in [0.717, 1.165) is 28.9 Å². The molecule has 1 aliphatic carbocycles. The van der Waals surface area contributed by atoms with E-state index in [1.807, 2.05) is 31.7 Å². The highest BCUT2D eigenvalue weighted by molar-refractivity contribution is 5.94. The van der Waals surface area contributed by atoms with Crippen LogP contribution in [-0.2, 0) is 14.9 Å². The summed E-state index contributed by atoms with van der Waals surface area (Å²) in [5.74, 6) is 1.17. The molecule has 36 heavy (non-hydrogen) atoms. The third kappa shape index (κ3) is 5.21. The average Bonchev–Trinajstić information content (AvgIpc) is 2.76. The van der Waals surface area contributed by atoms with Crippen LogP contribution in [0.4, 0.5) is 4.79 Å². The Bertz CT molecular complexity index is 1070. The molecule has 4 rings (SSSR count). The lowest BCUT2D eigenvalue weighted by Gasteiger charge is -2.47. The van der Waals surface area contributed by atoms with Gasteiger partial charge in [0.15, 0.2) is 0 Å². The molecule has 3 aliphatic rings. The topological polar surface area (TPSA) is 79.3 Å². The van der Waals surface area contributed by atoms with Crippen LogP contribution in [0.2, 0.25) is 0 Å². The Labute approximate surface area is 215 Å². The zero-order valence-electron chi connectivity index (χ0n) is 23.1. The van der Waals surface area contributed by atoms with E-state index in [1.165, 1.54) is 0 Å². The summed E-state index contributed by atoms with van der Waals surface area (Å²) < 4.78 is 11.9. The molecule has 2 atom stereocenters. The number of amides is 2. The van der Waals surface area contributed by atoms with Crippen LogP contribution in [0.15, 0.2) is 23.8 Å². The van der Waals surface area contributed by atoms with E-state index in [4.69, 9.17) is 9.47 Å². The number of benzene rings is 1. The zero-order chi connectivity index (χ0) is 26.6. The Kier molecular flexibility index (Phi) is 6.59. The molecule has 2 amide bonds. The van der Waals surface area contributed by atoms with Gasteiger partial charge in [-0.3, -0.25) is 4.79 Å². The first-order valence-corrected chi connectivity index (χ1v) is 13.1. The second-order valence-electron chi connectivity index (χ2n) is 13.0. The van der Waals surface area contributed by atoms with E-state index in [-0.39, 0.29) is 35.0 Å². The van der Waals surface area contributed by atoms with Gasteiger partial charge in [0.05, 0.1) is 0 Å². The number of ether oxygens (including phenoxy) is 2. The van der Waals surface area contributed by atoms with Crippen molar-refractivity contribution in [3.8, 4) is 11.5 Å². The first-order valence-electron chi connectivity index (χ1n) is 13.1. The summed E-state index contributed by atoms with van der Waals surface area (Å²) in [5.41, 5.74) is 1.56. The molecule has 0 saturated carbocycles. The molecular weight excluding hydrogens is 456 g/mol. The van der Waals surface area contributed by atoms with E-state index in [1.54, 1.807) is 4.90 Å². The normalized spacial score (nSPS) is 23.7. The minimum atomic E-state index is -0.541. The molecular formula is C29H42N2O5. The summed E-state index contributed by atoms with van der Waals surface area (Å²) in [6.45, 7) is 18.0. The summed E-state index contributed by atoms with van der Waals surface area (Å²) in [7, 11) is 0. The fourth-order valence-corrected chi connectivity index (χ4v) is 5.63. The second-order valence-corrected chi connectivity index (χ2v) is 13.0. The molecule has 7 nitrogen and oxygen atoms in total. The van der Waals surface area contributed by atoms with Crippen molar-refractivity contribution in [1.29, 1.82) is 0 Å². The quantitative estimate of drug-likeness (QED) is 0.564. The van der Waals surface area contributed by atoms with Gasteiger partial charge in [-0.15, -0.1) is 0 Å². The molecule has 1 fully saturated rings. The highest BCUT2D eigenvalue weighted by Gasteiger charge is 2.47. The molecule has 198 valence electrons. The summed E-state index contributed by atoms with van der Waals surface area (Å²) in [6, 6.07) is 3.91. The molecule has 7 heteroatoms. The molecule has 1 aromatic carbocycles. The number of nitrogens with zero attached hydrogens (tertiary/aromatic N) is 2. The van der Waals surface area contributed by atoms with Crippen molar-refractivity contribution in [1.82, 2.24) is 9.80 Å². The van der Waals surface area contributed by atoms with Crippen LogP contribution in [-0.4, -0.2) is 64.3 Å². The van der Waals surface area contributed by atoms with E-state index in [9.17, 15) is 14.7 Å². The molecule has 1 saturated heterocycles. The zero-order valence-corrected chi connectivity index (χ0v) is 23.1. The number of piperazine rings is 1. The molecule has 2 unspecified atom stereocenters. The Hall–Kier alpha value is -2.70. The minimum Gasteiger partial charge on any atom is -0.508 e. The second kappa shape index (κ2) is 9.00. The molecule has 0 spiro atoms. The fraction of sp³-hybridized carbons (Fsp3) is 0.655. The molecule has 0 radical (unpaired) electrons. The number of hydrogen-bond acceptors (Lipinski definition) is 5. The lowest BCUT2D eigenvalue weighted by Crippen LogP contribution is -2.52. The Balaban J connectivity index is 1.51. The fourth-order valence-electron chi connectivity index (χ4n) is 5.63. The van der Waals surface area contributed by atoms with Crippen molar-refractivity contribution in [3.63, 3.8) is 0 Å². The number of phenolic OH excluding ortho intramolecular Hbond substituents is 1. The van der Waals surface area contributed by atoms with Crippen molar-refractivity contribution in [2.24, 2.45) is 5.92 Å². The van der Waals surface area contributed by atoms with Gasteiger partial charge in [0.25, 0.3) is 0 Å². The van der Waals surface area contributed by atoms with E-state index in [0.29, 0.717) is 32.6 Å². The van der Waals surface area contributed by atoms with Crippen LogP contribution in [0.25, 0.3) is 0 Å². The van der Waals surface area contributed by atoms with Crippen LogP contribution in [0, 0.1) is 5.92 Å². The number of hydrogen-bond donors (Lipinski definition) is 1. The van der Waals surface area contributed by atoms with E-state index < -0.39 is 11.2 Å². The predicted molar refractivity (Wildman–Crippen MR) is 139 cm³/mol. The predicted octanol–water partition coefficient (Wildman–Crippen LogP) is 5.36. The molecule has 1 N–H and O–H groups in total. The summed E-state index contributed by atoms with van der Waals surface area (Å²) >= 11 is 0. The van der Waals surface area contributed by atoms with Crippen molar-refractivity contribution >= 4 is 12.0 Å². The van der Waals surface area contributed by atoms with Crippen LogP contribution < -0.4 is 4.74 Å². The van der Waals surface area contributed by atoms with Gasteiger partial charge < -0.3 is 24.4 Å². The third-order valence-electron chi connectivity index (χ3n) is 7.66. The number of aromatic hydroxyl groups is 1. The van der Waals surface area contributed by atoms with Crippen molar-refractivity contribution in [3.05, 3.63) is 34.9 Å². The van der Waals surface area contributed by atoms with Gasteiger partial charge in [0, 0.05) is 49.2 Å². The van der Waals surface area contributed by atoms with E-state index >= 15 is 0 Å². The summed E-state index contributed by atoms with van der Waals surface area (Å²) in [4.78, 5) is 29.4. The molecule has 0 bridgehead atoms. The Morgan fingerprint density at radius 2 is 1.64 bits per heavy atom. The highest BCUT2D eigenvalue weighted by atomic mass is 16.6. The number of allylic oxidation sites excluding steroid dienone is 1. The number of carbonyl (C=O) groups excluding carboxylic acids is 2. The molecule has 2 aliphatic heterocycles. The maximum absolute atomic E-state index is 13.5. The number of carbonyl (C=O) groups is 2. The average molecular weight is 499 g/mol. The number of rotatable bonds is 1. The maximum atomic E-state index is 13.5. The highest BCUT2D eigenvalue weighted by Crippen LogP contribution is 2.55. The van der Waals surface area contributed by atoms with Crippen molar-refractivity contribution in [2.45, 2.75) is 90.8 Å². The van der Waals surface area contributed by atoms with Gasteiger partial charge in [-0.05, 0) is 70.6 Å². The Morgan fingerprint density at radius 1 is 1.03 bits per heavy atom. The standard InChI is InChI=1S/C29H42N2O5/c1-27(2,3)19-16-22(32)24-20-15-18(9-10-21(20)29(7,8)35-23(24)17-19)25(33)30-11-13-31(14-12-30)26(34)36-28(4,5)6/h9,16-17,20-21,32H,10-15H2,1-8H3. The number of phenols is 1. The van der Waals surface area contributed by atoms with Gasteiger partial charge >= 0.3 is 6.09 Å².